The fourth-order valence-electron chi connectivity index (χ4n) is 3.12. The van der Waals surface area contributed by atoms with E-state index in [-0.39, 0.29) is 5.91 Å². The predicted octanol–water partition coefficient (Wildman–Crippen LogP) is 1.74. The van der Waals surface area contributed by atoms with Gasteiger partial charge in [0.05, 0.1) is 19.3 Å². The molecule has 0 bridgehead atoms. The number of aromatic nitrogens is 1. The molecule has 0 aliphatic carbocycles. The maximum Gasteiger partial charge on any atom is 0.315 e. The van der Waals surface area contributed by atoms with Crippen LogP contribution in [0.4, 0.5) is 0 Å². The van der Waals surface area contributed by atoms with Crippen LogP contribution < -0.4 is 10.1 Å². The zero-order valence-electron chi connectivity index (χ0n) is 13.5. The predicted molar refractivity (Wildman–Crippen MR) is 92.2 cm³/mol. The second kappa shape index (κ2) is 5.92. The number of carbonyl (C=O) groups is 1. The lowest BCUT2D eigenvalue weighted by molar-refractivity contribution is -0.510. The summed E-state index contributed by atoms with van der Waals surface area (Å²) < 4.78 is 7.33. The molecule has 120 valence electrons. The topological polar surface area (TPSA) is 54.2 Å². The van der Waals surface area contributed by atoms with Crippen molar-refractivity contribution < 1.29 is 14.1 Å². The number of hydrogen-bond acceptors (Lipinski definition) is 3. The van der Waals surface area contributed by atoms with Crippen LogP contribution in [-0.4, -0.2) is 47.9 Å². The van der Waals surface area contributed by atoms with Gasteiger partial charge in [0.25, 0.3) is 5.71 Å². The van der Waals surface area contributed by atoms with Gasteiger partial charge in [-0.15, -0.1) is 0 Å². The van der Waals surface area contributed by atoms with Crippen molar-refractivity contribution in [3.05, 3.63) is 54.2 Å². The lowest BCUT2D eigenvalue weighted by Gasteiger charge is -2.09. The van der Waals surface area contributed by atoms with Crippen LogP contribution in [0, 0.1) is 0 Å². The second-order valence-electron chi connectivity index (χ2n) is 5.89. The standard InChI is InChI=1S/C19H17N3O2/c1-24-16-4-2-13(3-5-16)17-10-14(6-7-20-17)15-11-18-19(23)21-8-9-22(18)12-15/h2-7,10-11H,8-9,12H2,1H3/p+1. The molecule has 5 nitrogen and oxygen atoms in total. The van der Waals surface area contributed by atoms with E-state index >= 15 is 0 Å². The average Bonchev–Trinajstić information content (AvgIpc) is 3.08. The van der Waals surface area contributed by atoms with Gasteiger partial charge in [0.2, 0.25) is 0 Å². The summed E-state index contributed by atoms with van der Waals surface area (Å²) in [6.07, 6.45) is 3.80. The van der Waals surface area contributed by atoms with E-state index in [0.717, 1.165) is 46.9 Å². The molecule has 1 amide bonds. The van der Waals surface area contributed by atoms with Crippen LogP contribution in [0.3, 0.4) is 0 Å². The Labute approximate surface area is 140 Å². The lowest BCUT2D eigenvalue weighted by Crippen LogP contribution is -2.43. The molecule has 2 aliphatic heterocycles. The third-order valence-electron chi connectivity index (χ3n) is 4.43. The first-order valence-corrected chi connectivity index (χ1v) is 7.96. The van der Waals surface area contributed by atoms with Gasteiger partial charge in [0.15, 0.2) is 13.1 Å². The van der Waals surface area contributed by atoms with Gasteiger partial charge in [-0.3, -0.25) is 9.78 Å². The maximum atomic E-state index is 11.9. The number of pyridine rings is 1. The molecule has 24 heavy (non-hydrogen) atoms. The highest BCUT2D eigenvalue weighted by atomic mass is 16.5. The third-order valence-corrected chi connectivity index (χ3v) is 4.43. The van der Waals surface area contributed by atoms with Gasteiger partial charge in [-0.25, -0.2) is 4.58 Å². The van der Waals surface area contributed by atoms with E-state index in [2.05, 4.69) is 20.9 Å². The van der Waals surface area contributed by atoms with Gasteiger partial charge in [-0.05, 0) is 42.0 Å². The summed E-state index contributed by atoms with van der Waals surface area (Å²) in [7, 11) is 1.66. The fraction of sp³-hybridized carbons (Fsp3) is 0.211. The van der Waals surface area contributed by atoms with Crippen LogP contribution >= 0.6 is 0 Å². The van der Waals surface area contributed by atoms with Crippen molar-refractivity contribution in [2.75, 3.05) is 26.7 Å². The Hall–Kier alpha value is -2.95. The van der Waals surface area contributed by atoms with Gasteiger partial charge in [0.1, 0.15) is 5.75 Å². The monoisotopic (exact) mass is 320 g/mol. The van der Waals surface area contributed by atoms with E-state index in [1.54, 1.807) is 7.11 Å². The minimum Gasteiger partial charge on any atom is -0.497 e. The molecule has 0 fully saturated rings. The van der Waals surface area contributed by atoms with Crippen LogP contribution in [0.5, 0.6) is 5.75 Å². The first-order chi connectivity index (χ1) is 11.7. The average molecular weight is 320 g/mol. The summed E-state index contributed by atoms with van der Waals surface area (Å²) in [5, 5.41) is 2.89. The number of amides is 1. The normalized spacial score (nSPS) is 16.5. The summed E-state index contributed by atoms with van der Waals surface area (Å²) in [5.41, 5.74) is 4.97. The molecule has 2 aromatic rings. The smallest absolute Gasteiger partial charge is 0.315 e. The molecular weight excluding hydrogens is 302 g/mol. The highest BCUT2D eigenvalue weighted by Crippen LogP contribution is 2.25. The van der Waals surface area contributed by atoms with Crippen molar-refractivity contribution in [2.45, 2.75) is 0 Å². The van der Waals surface area contributed by atoms with Crippen LogP contribution in [0.1, 0.15) is 5.56 Å². The number of nitrogens with zero attached hydrogens (tertiary/aromatic N) is 2. The Morgan fingerprint density at radius 3 is 2.75 bits per heavy atom. The Bertz CT molecular complexity index is 866. The van der Waals surface area contributed by atoms with Crippen molar-refractivity contribution in [3.8, 4) is 17.0 Å². The first kappa shape index (κ1) is 14.6. The van der Waals surface area contributed by atoms with E-state index in [4.69, 9.17) is 4.74 Å². The quantitative estimate of drug-likeness (QED) is 0.877. The van der Waals surface area contributed by atoms with Crippen LogP contribution in [0.25, 0.3) is 16.8 Å². The van der Waals surface area contributed by atoms with E-state index in [1.807, 2.05) is 42.6 Å². The van der Waals surface area contributed by atoms with Crippen molar-refractivity contribution in [2.24, 2.45) is 0 Å². The number of rotatable bonds is 3. The van der Waals surface area contributed by atoms with Crippen LogP contribution in [0.2, 0.25) is 0 Å². The SMILES string of the molecule is COc1ccc(-c2cc(C3=CC4=[N+](CCNC4=O)C3)ccn2)cc1. The van der Waals surface area contributed by atoms with Gasteiger partial charge < -0.3 is 10.1 Å². The number of methoxy groups -OCH3 is 1. The van der Waals surface area contributed by atoms with Crippen molar-refractivity contribution in [3.63, 3.8) is 0 Å². The van der Waals surface area contributed by atoms with Crippen LogP contribution in [0.15, 0.2) is 48.7 Å². The Balaban J connectivity index is 1.64. The molecule has 0 saturated heterocycles. The van der Waals surface area contributed by atoms with E-state index in [1.165, 1.54) is 0 Å². The minimum atomic E-state index is 0.0145. The summed E-state index contributed by atoms with van der Waals surface area (Å²) in [5.74, 6) is 0.841. The highest BCUT2D eigenvalue weighted by Gasteiger charge is 2.32. The molecule has 5 heteroatoms. The number of carbonyl (C=O) groups excluding carboxylic acids is 1. The fourth-order valence-corrected chi connectivity index (χ4v) is 3.12. The first-order valence-electron chi connectivity index (χ1n) is 7.96. The number of ether oxygens (including phenoxy) is 1. The molecule has 0 atom stereocenters. The third kappa shape index (κ3) is 2.58. The largest absolute Gasteiger partial charge is 0.497 e. The molecule has 0 saturated carbocycles. The van der Waals surface area contributed by atoms with Crippen LogP contribution in [-0.2, 0) is 4.79 Å². The summed E-state index contributed by atoms with van der Waals surface area (Å²) in [6.45, 7) is 2.34. The number of hydrogen-bond donors (Lipinski definition) is 1. The summed E-state index contributed by atoms with van der Waals surface area (Å²) >= 11 is 0. The molecular formula is C19H18N3O2+. The molecule has 4 rings (SSSR count). The van der Waals surface area contributed by atoms with Gasteiger partial charge >= 0.3 is 5.91 Å². The molecule has 0 spiro atoms. The van der Waals surface area contributed by atoms with Gasteiger partial charge in [-0.1, -0.05) is 0 Å². The lowest BCUT2D eigenvalue weighted by atomic mass is 10.0. The summed E-state index contributed by atoms with van der Waals surface area (Å²) in [6, 6.07) is 11.9. The molecule has 2 aliphatic rings. The highest BCUT2D eigenvalue weighted by molar-refractivity contribution is 6.43. The second-order valence-corrected chi connectivity index (χ2v) is 5.89. The van der Waals surface area contributed by atoms with Crippen molar-refractivity contribution in [1.29, 1.82) is 0 Å². The van der Waals surface area contributed by atoms with E-state index < -0.39 is 0 Å². The van der Waals surface area contributed by atoms with Gasteiger partial charge in [0, 0.05) is 23.4 Å². The molecule has 0 radical (unpaired) electrons. The van der Waals surface area contributed by atoms with Crippen molar-refractivity contribution >= 4 is 17.2 Å². The number of benzene rings is 1. The minimum absolute atomic E-state index is 0.0145. The Morgan fingerprint density at radius 1 is 1.17 bits per heavy atom. The van der Waals surface area contributed by atoms with E-state index in [0.29, 0.717) is 6.54 Å². The molecule has 0 unspecified atom stereocenters. The molecule has 1 aromatic heterocycles. The molecule has 3 heterocycles. The number of nitrogens with one attached hydrogen (secondary N) is 1. The van der Waals surface area contributed by atoms with E-state index in [9.17, 15) is 4.79 Å². The zero-order valence-corrected chi connectivity index (χ0v) is 13.5. The Morgan fingerprint density at radius 2 is 2.00 bits per heavy atom. The summed E-state index contributed by atoms with van der Waals surface area (Å²) in [4.78, 5) is 16.4. The molecule has 1 aromatic carbocycles. The molecule has 1 N–H and O–H groups in total. The van der Waals surface area contributed by atoms with Crippen molar-refractivity contribution in [1.82, 2.24) is 10.3 Å². The Kier molecular flexibility index (Phi) is 3.61. The zero-order chi connectivity index (χ0) is 16.5. The maximum absolute atomic E-state index is 11.9. The van der Waals surface area contributed by atoms with Gasteiger partial charge in [-0.2, -0.15) is 0 Å².